The summed E-state index contributed by atoms with van der Waals surface area (Å²) in [6.07, 6.45) is 1.67. The minimum atomic E-state index is -0.446. The Labute approximate surface area is 109 Å². The maximum absolute atomic E-state index is 11.7. The predicted molar refractivity (Wildman–Crippen MR) is 71.9 cm³/mol. The number of hydrogen-bond acceptors (Lipinski definition) is 3. The van der Waals surface area contributed by atoms with Gasteiger partial charge in [0.2, 0.25) is 0 Å². The topological polar surface area (TPSA) is 46.5 Å². The van der Waals surface area contributed by atoms with Gasteiger partial charge in [0.25, 0.3) is 0 Å². The van der Waals surface area contributed by atoms with Gasteiger partial charge in [0.1, 0.15) is 5.75 Å². The van der Waals surface area contributed by atoms with E-state index in [2.05, 4.69) is 0 Å². The van der Waals surface area contributed by atoms with E-state index >= 15 is 0 Å². The van der Waals surface area contributed by atoms with Crippen LogP contribution in [0, 0.1) is 13.8 Å². The molecule has 1 fully saturated rings. The van der Waals surface area contributed by atoms with Crippen molar-refractivity contribution in [3.05, 3.63) is 28.8 Å². The fraction of sp³-hybridized carbons (Fsp3) is 0.533. The van der Waals surface area contributed by atoms with E-state index in [0.717, 1.165) is 29.5 Å². The number of phenolic OH excluding ortho intramolecular Hbond substituents is 1. The van der Waals surface area contributed by atoms with Gasteiger partial charge in [-0.15, -0.1) is 0 Å². The van der Waals surface area contributed by atoms with Crippen molar-refractivity contribution in [2.24, 2.45) is 0 Å². The van der Waals surface area contributed by atoms with E-state index in [1.165, 1.54) is 7.11 Å². The quantitative estimate of drug-likeness (QED) is 0.820. The van der Waals surface area contributed by atoms with E-state index in [-0.39, 0.29) is 5.97 Å². The lowest BCUT2D eigenvalue weighted by molar-refractivity contribution is -0.143. The highest BCUT2D eigenvalue weighted by atomic mass is 16.5. The molecule has 0 unspecified atom stereocenters. The second kappa shape index (κ2) is 5.42. The van der Waals surface area contributed by atoms with Crippen LogP contribution in [-0.4, -0.2) is 18.2 Å². The third-order valence-electron chi connectivity index (χ3n) is 3.37. The molecule has 0 aromatic heterocycles. The number of carbonyl (C=O) groups excluding carboxylic acids is 1. The number of phenols is 1. The largest absolute Gasteiger partial charge is 0.507 e. The zero-order chi connectivity index (χ0) is 13.9. The fourth-order valence-electron chi connectivity index (χ4n) is 2.16. The van der Waals surface area contributed by atoms with Crippen molar-refractivity contribution in [3.63, 3.8) is 0 Å². The molecule has 0 amide bonds. The normalized spacial score (nSPS) is 15.4. The van der Waals surface area contributed by atoms with Gasteiger partial charge in [-0.25, -0.2) is 0 Å². The third kappa shape index (κ3) is 2.35. The number of benzene rings is 1. The molecule has 1 saturated carbocycles. The highest BCUT2D eigenvalue weighted by Crippen LogP contribution is 2.50. The standard InChI is InChI=1S/C13H16O3.C2H6/c1-8-6-10(7-9(2)11(8)14)13(4-5-13)12(15)16-3;1-2/h6-7,14H,4-5H2,1-3H3;1-2H3. The average molecular weight is 250 g/mol. The summed E-state index contributed by atoms with van der Waals surface area (Å²) in [5.41, 5.74) is 2.14. The van der Waals surface area contributed by atoms with Crippen LogP contribution in [-0.2, 0) is 14.9 Å². The van der Waals surface area contributed by atoms with Crippen LogP contribution in [0.3, 0.4) is 0 Å². The molecule has 0 bridgehead atoms. The molecule has 1 aliphatic rings. The van der Waals surface area contributed by atoms with Crippen LogP contribution in [0.5, 0.6) is 5.75 Å². The molecule has 0 aliphatic heterocycles. The Morgan fingerprint density at radius 1 is 1.22 bits per heavy atom. The Balaban J connectivity index is 0.000000771. The van der Waals surface area contributed by atoms with Gasteiger partial charge >= 0.3 is 5.97 Å². The Kier molecular flexibility index (Phi) is 4.38. The second-order valence-electron chi connectivity index (χ2n) is 4.53. The molecule has 100 valence electrons. The van der Waals surface area contributed by atoms with Crippen molar-refractivity contribution in [1.82, 2.24) is 0 Å². The Hall–Kier alpha value is -1.51. The number of ether oxygens (including phenoxy) is 1. The zero-order valence-corrected chi connectivity index (χ0v) is 11.8. The molecule has 1 aliphatic carbocycles. The van der Waals surface area contributed by atoms with Gasteiger partial charge in [0, 0.05) is 0 Å². The first-order valence-electron chi connectivity index (χ1n) is 6.40. The SMILES string of the molecule is CC.COC(=O)C1(c2cc(C)c(O)c(C)c2)CC1. The van der Waals surface area contributed by atoms with Gasteiger partial charge in [-0.1, -0.05) is 26.0 Å². The first kappa shape index (κ1) is 14.6. The van der Waals surface area contributed by atoms with Crippen LogP contribution in [0.4, 0.5) is 0 Å². The van der Waals surface area contributed by atoms with Crippen LogP contribution < -0.4 is 0 Å². The molecule has 18 heavy (non-hydrogen) atoms. The fourth-order valence-corrected chi connectivity index (χ4v) is 2.16. The van der Waals surface area contributed by atoms with Crippen LogP contribution in [0.25, 0.3) is 0 Å². The molecule has 1 aromatic carbocycles. The van der Waals surface area contributed by atoms with Crippen molar-refractivity contribution in [3.8, 4) is 5.75 Å². The molecular formula is C15H22O3. The minimum Gasteiger partial charge on any atom is -0.507 e. The monoisotopic (exact) mass is 250 g/mol. The smallest absolute Gasteiger partial charge is 0.316 e. The van der Waals surface area contributed by atoms with Crippen LogP contribution in [0.15, 0.2) is 12.1 Å². The summed E-state index contributed by atoms with van der Waals surface area (Å²) in [6.45, 7) is 7.69. The molecule has 0 atom stereocenters. The highest BCUT2D eigenvalue weighted by Gasteiger charge is 2.52. The van der Waals surface area contributed by atoms with Crippen molar-refractivity contribution in [2.75, 3.05) is 7.11 Å². The summed E-state index contributed by atoms with van der Waals surface area (Å²) in [5, 5.41) is 9.70. The molecular weight excluding hydrogens is 228 g/mol. The maximum Gasteiger partial charge on any atom is 0.316 e. The Morgan fingerprint density at radius 3 is 2.00 bits per heavy atom. The average Bonchev–Trinajstić information content (AvgIpc) is 3.18. The van der Waals surface area contributed by atoms with Gasteiger partial charge in [0.05, 0.1) is 12.5 Å². The molecule has 1 N–H and O–H groups in total. The van der Waals surface area contributed by atoms with Crippen LogP contribution in [0.1, 0.15) is 43.4 Å². The molecule has 3 nitrogen and oxygen atoms in total. The summed E-state index contributed by atoms with van der Waals surface area (Å²) in [6, 6.07) is 3.76. The summed E-state index contributed by atoms with van der Waals surface area (Å²) in [5.74, 6) is 0.140. The summed E-state index contributed by atoms with van der Waals surface area (Å²) >= 11 is 0. The zero-order valence-electron chi connectivity index (χ0n) is 11.8. The predicted octanol–water partition coefficient (Wildman–Crippen LogP) is 3.24. The van der Waals surface area contributed by atoms with E-state index in [1.807, 2.05) is 39.8 Å². The molecule has 0 heterocycles. The van der Waals surface area contributed by atoms with Crippen molar-refractivity contribution in [2.45, 2.75) is 46.0 Å². The van der Waals surface area contributed by atoms with Gasteiger partial charge < -0.3 is 9.84 Å². The number of rotatable bonds is 2. The number of aromatic hydroxyl groups is 1. The summed E-state index contributed by atoms with van der Waals surface area (Å²) in [7, 11) is 1.42. The Bertz CT molecular complexity index is 422. The van der Waals surface area contributed by atoms with E-state index in [4.69, 9.17) is 4.74 Å². The molecule has 1 aromatic rings. The summed E-state index contributed by atoms with van der Waals surface area (Å²) in [4.78, 5) is 11.7. The van der Waals surface area contributed by atoms with Crippen molar-refractivity contribution < 1.29 is 14.6 Å². The second-order valence-corrected chi connectivity index (χ2v) is 4.53. The number of aryl methyl sites for hydroxylation is 2. The molecule has 0 spiro atoms. The molecule has 0 radical (unpaired) electrons. The number of esters is 1. The van der Waals surface area contributed by atoms with Gasteiger partial charge in [-0.3, -0.25) is 4.79 Å². The molecule has 2 rings (SSSR count). The number of carbonyl (C=O) groups is 1. The first-order chi connectivity index (χ1) is 8.51. The van der Waals surface area contributed by atoms with Crippen LogP contribution >= 0.6 is 0 Å². The van der Waals surface area contributed by atoms with E-state index in [9.17, 15) is 9.90 Å². The summed E-state index contributed by atoms with van der Waals surface area (Å²) < 4.78 is 4.84. The first-order valence-corrected chi connectivity index (χ1v) is 6.40. The van der Waals surface area contributed by atoms with Crippen molar-refractivity contribution in [1.29, 1.82) is 0 Å². The van der Waals surface area contributed by atoms with Gasteiger partial charge in [0.15, 0.2) is 0 Å². The third-order valence-corrected chi connectivity index (χ3v) is 3.37. The number of methoxy groups -OCH3 is 1. The van der Waals surface area contributed by atoms with Crippen molar-refractivity contribution >= 4 is 5.97 Å². The Morgan fingerprint density at radius 2 is 1.67 bits per heavy atom. The lowest BCUT2D eigenvalue weighted by Crippen LogP contribution is -2.22. The maximum atomic E-state index is 11.7. The lowest BCUT2D eigenvalue weighted by Gasteiger charge is -2.15. The minimum absolute atomic E-state index is 0.169. The lowest BCUT2D eigenvalue weighted by atomic mass is 9.92. The molecule has 0 saturated heterocycles. The molecule has 3 heteroatoms. The van der Waals surface area contributed by atoms with Gasteiger partial charge in [-0.2, -0.15) is 0 Å². The van der Waals surface area contributed by atoms with E-state index < -0.39 is 5.41 Å². The highest BCUT2D eigenvalue weighted by molar-refractivity contribution is 5.86. The van der Waals surface area contributed by atoms with Crippen LogP contribution in [0.2, 0.25) is 0 Å². The van der Waals surface area contributed by atoms with E-state index in [0.29, 0.717) is 5.75 Å². The number of hydrogen-bond donors (Lipinski definition) is 1. The van der Waals surface area contributed by atoms with E-state index in [1.54, 1.807) is 0 Å². The van der Waals surface area contributed by atoms with Gasteiger partial charge in [-0.05, 0) is 43.4 Å².